The lowest BCUT2D eigenvalue weighted by Crippen LogP contribution is -1.91. The van der Waals surface area contributed by atoms with Gasteiger partial charge in [-0.1, -0.05) is 62.1 Å². The highest BCUT2D eigenvalue weighted by Gasteiger charge is 1.90. The first-order valence-electron chi connectivity index (χ1n) is 10.6. The van der Waals surface area contributed by atoms with Crippen molar-refractivity contribution in [2.24, 2.45) is 20.2 Å². The molecule has 0 saturated heterocycles. The Morgan fingerprint density at radius 3 is 1.33 bits per heavy atom. The van der Waals surface area contributed by atoms with E-state index in [0.29, 0.717) is 0 Å². The van der Waals surface area contributed by atoms with Crippen LogP contribution in [0.5, 0.6) is 0 Å². The first-order valence-corrected chi connectivity index (χ1v) is 10.6. The van der Waals surface area contributed by atoms with Crippen LogP contribution in [0.15, 0.2) is 80.9 Å². The predicted molar refractivity (Wildman–Crippen MR) is 132 cm³/mol. The summed E-state index contributed by atoms with van der Waals surface area (Å²) in [6.07, 6.45) is 14.1. The van der Waals surface area contributed by atoms with Crippen molar-refractivity contribution < 1.29 is 0 Å². The van der Waals surface area contributed by atoms with Crippen molar-refractivity contribution in [2.45, 2.75) is 38.5 Å². The average Bonchev–Trinajstić information content (AvgIpc) is 2.79. The second-order valence-electron chi connectivity index (χ2n) is 6.74. The van der Waals surface area contributed by atoms with Crippen molar-refractivity contribution in [2.75, 3.05) is 23.9 Å². The number of benzene rings is 2. The van der Waals surface area contributed by atoms with Gasteiger partial charge in [-0.3, -0.25) is 20.8 Å². The smallest absolute Gasteiger partial charge is 0.0650 e. The topological polar surface area (TPSA) is 73.5 Å². The number of hydrazone groups is 2. The van der Waals surface area contributed by atoms with Crippen LogP contribution in [0, 0.1) is 0 Å². The number of nitrogens with one attached hydrogen (secondary N) is 2. The summed E-state index contributed by atoms with van der Waals surface area (Å²) in [5.41, 5.74) is 7.86. The Hall–Kier alpha value is -3.28. The summed E-state index contributed by atoms with van der Waals surface area (Å²) in [5.74, 6) is 0. The maximum Gasteiger partial charge on any atom is 0.0650 e. The van der Waals surface area contributed by atoms with Gasteiger partial charge in [0.05, 0.1) is 23.8 Å². The number of aliphatic imine (C=N–C) groups is 2. The highest BCUT2D eigenvalue weighted by molar-refractivity contribution is 6.16. The Balaban J connectivity index is 1.35. The van der Waals surface area contributed by atoms with Gasteiger partial charge in [-0.2, -0.15) is 10.2 Å². The van der Waals surface area contributed by atoms with Gasteiger partial charge in [-0.05, 0) is 37.1 Å². The summed E-state index contributed by atoms with van der Waals surface area (Å²) in [6.45, 7) is 1.72. The molecule has 0 spiro atoms. The van der Waals surface area contributed by atoms with Crippen LogP contribution in [0.4, 0.5) is 11.4 Å². The second kappa shape index (κ2) is 16.7. The number of unbranched alkanes of at least 4 members (excludes halogenated alkanes) is 5. The Morgan fingerprint density at radius 1 is 0.500 bits per heavy atom. The van der Waals surface area contributed by atoms with Crippen LogP contribution in [0.1, 0.15) is 38.5 Å². The molecule has 0 aliphatic rings. The Kier molecular flexibility index (Phi) is 12.8. The molecule has 2 rings (SSSR count). The molecule has 2 aromatic carbocycles. The Labute approximate surface area is 179 Å². The number of hydrogen-bond acceptors (Lipinski definition) is 6. The summed E-state index contributed by atoms with van der Waals surface area (Å²) in [4.78, 5) is 8.71. The van der Waals surface area contributed by atoms with Gasteiger partial charge in [0.25, 0.3) is 0 Å². The predicted octanol–water partition coefficient (Wildman–Crippen LogP) is 5.66. The van der Waals surface area contributed by atoms with Crippen molar-refractivity contribution in [3.63, 3.8) is 0 Å². The van der Waals surface area contributed by atoms with E-state index in [1.165, 1.54) is 25.7 Å². The van der Waals surface area contributed by atoms with Crippen LogP contribution in [0.25, 0.3) is 0 Å². The molecule has 6 heteroatoms. The first kappa shape index (κ1) is 23.0. The summed E-state index contributed by atoms with van der Waals surface area (Å²) in [6, 6.07) is 19.7. The van der Waals surface area contributed by atoms with Gasteiger partial charge < -0.3 is 0 Å². The SMILES string of the molecule is C(/C=N\Nc1ccccc1)=NCCCCCCCCN=C/C=N\Nc1ccccc1. The van der Waals surface area contributed by atoms with Crippen LogP contribution >= 0.6 is 0 Å². The maximum absolute atomic E-state index is 4.35. The minimum absolute atomic E-state index is 0.859. The van der Waals surface area contributed by atoms with Gasteiger partial charge in [-0.15, -0.1) is 0 Å². The zero-order chi connectivity index (χ0) is 21.0. The van der Waals surface area contributed by atoms with Gasteiger partial charge in [0.1, 0.15) is 0 Å². The molecule has 0 amide bonds. The molecule has 0 unspecified atom stereocenters. The highest BCUT2D eigenvalue weighted by Crippen LogP contribution is 2.06. The quantitative estimate of drug-likeness (QED) is 0.228. The molecule has 0 fully saturated rings. The summed E-state index contributed by atoms with van der Waals surface area (Å²) >= 11 is 0. The molecule has 0 aliphatic heterocycles. The number of nitrogens with zero attached hydrogens (tertiary/aromatic N) is 4. The van der Waals surface area contributed by atoms with Crippen LogP contribution in [0.2, 0.25) is 0 Å². The molecular weight excluding hydrogens is 372 g/mol. The third-order valence-electron chi connectivity index (χ3n) is 4.25. The Morgan fingerprint density at radius 2 is 0.900 bits per heavy atom. The number of anilines is 2. The van der Waals surface area contributed by atoms with Gasteiger partial charge in [0.2, 0.25) is 0 Å². The fourth-order valence-electron chi connectivity index (χ4n) is 2.67. The van der Waals surface area contributed by atoms with E-state index >= 15 is 0 Å². The minimum atomic E-state index is 0.859. The van der Waals surface area contributed by atoms with E-state index < -0.39 is 0 Å². The molecule has 0 heterocycles. The largest absolute Gasteiger partial charge is 0.292 e. The minimum Gasteiger partial charge on any atom is -0.292 e. The van der Waals surface area contributed by atoms with E-state index in [0.717, 1.165) is 37.3 Å². The fourth-order valence-corrected chi connectivity index (χ4v) is 2.67. The Bertz CT molecular complexity index is 701. The molecule has 2 N–H and O–H groups in total. The van der Waals surface area contributed by atoms with Gasteiger partial charge in [0, 0.05) is 25.5 Å². The van der Waals surface area contributed by atoms with Crippen molar-refractivity contribution in [3.8, 4) is 0 Å². The molecule has 0 bridgehead atoms. The zero-order valence-corrected chi connectivity index (χ0v) is 17.5. The fraction of sp³-hybridized carbons (Fsp3) is 0.333. The van der Waals surface area contributed by atoms with E-state index in [1.54, 1.807) is 24.9 Å². The number of para-hydroxylation sites is 2. The van der Waals surface area contributed by atoms with Crippen molar-refractivity contribution >= 4 is 36.2 Å². The lowest BCUT2D eigenvalue weighted by Gasteiger charge is -1.99. The highest BCUT2D eigenvalue weighted by atomic mass is 15.3. The van der Waals surface area contributed by atoms with E-state index in [4.69, 9.17) is 0 Å². The molecule has 0 saturated carbocycles. The molecule has 0 aliphatic carbocycles. The third kappa shape index (κ3) is 12.2. The molecule has 0 atom stereocenters. The normalized spacial score (nSPS) is 11.9. The molecule has 30 heavy (non-hydrogen) atoms. The molecule has 2 aromatic rings. The summed E-state index contributed by atoms with van der Waals surface area (Å²) in [7, 11) is 0. The standard InChI is InChI=1S/C24H32N6/c1(3-11-17-25-19-21-27-29-23-13-7-5-8-14-23)2-4-12-18-26-20-22-28-30-24-15-9-6-10-16-24/h5-10,13-16,19-22,29-30H,1-4,11-12,17-18H2/b25-19?,26-20?,27-21-,28-22-. The second-order valence-corrected chi connectivity index (χ2v) is 6.74. The van der Waals surface area contributed by atoms with Gasteiger partial charge >= 0.3 is 0 Å². The molecule has 0 radical (unpaired) electrons. The molecular formula is C24H32N6. The van der Waals surface area contributed by atoms with Crippen LogP contribution < -0.4 is 10.9 Å². The monoisotopic (exact) mass is 404 g/mol. The maximum atomic E-state index is 4.35. The van der Waals surface area contributed by atoms with Crippen molar-refractivity contribution in [3.05, 3.63) is 60.7 Å². The van der Waals surface area contributed by atoms with Gasteiger partial charge in [-0.25, -0.2) is 0 Å². The van der Waals surface area contributed by atoms with Crippen molar-refractivity contribution in [1.29, 1.82) is 0 Å². The van der Waals surface area contributed by atoms with Crippen molar-refractivity contribution in [1.82, 2.24) is 0 Å². The van der Waals surface area contributed by atoms with E-state index in [2.05, 4.69) is 31.0 Å². The van der Waals surface area contributed by atoms with Crippen LogP contribution in [-0.2, 0) is 0 Å². The lowest BCUT2D eigenvalue weighted by molar-refractivity contribution is 0.603. The van der Waals surface area contributed by atoms with E-state index in [-0.39, 0.29) is 0 Å². The summed E-state index contributed by atoms with van der Waals surface area (Å²) < 4.78 is 0. The van der Waals surface area contributed by atoms with E-state index in [1.807, 2.05) is 60.7 Å². The number of rotatable bonds is 15. The summed E-state index contributed by atoms with van der Waals surface area (Å²) in [5, 5.41) is 8.21. The molecule has 0 aromatic heterocycles. The van der Waals surface area contributed by atoms with Crippen LogP contribution in [-0.4, -0.2) is 37.9 Å². The molecule has 6 nitrogen and oxygen atoms in total. The number of hydrogen-bond donors (Lipinski definition) is 2. The molecule has 158 valence electrons. The third-order valence-corrected chi connectivity index (χ3v) is 4.25. The lowest BCUT2D eigenvalue weighted by atomic mass is 10.1. The van der Waals surface area contributed by atoms with Crippen LogP contribution in [0.3, 0.4) is 0 Å². The average molecular weight is 405 g/mol. The zero-order valence-electron chi connectivity index (χ0n) is 17.5. The van der Waals surface area contributed by atoms with Gasteiger partial charge in [0.15, 0.2) is 0 Å². The van der Waals surface area contributed by atoms with E-state index in [9.17, 15) is 0 Å². The first-order chi connectivity index (χ1) is 14.9.